The number of carbonyl (C=O) groups is 1. The van der Waals surface area contributed by atoms with Crippen LogP contribution in [-0.4, -0.2) is 50.6 Å². The average molecular weight is 306 g/mol. The van der Waals surface area contributed by atoms with Crippen LogP contribution in [0.4, 0.5) is 0 Å². The molecular weight excluding hydrogens is 274 g/mol. The fourth-order valence-corrected chi connectivity index (χ4v) is 4.48. The molecule has 0 spiro atoms. The molecule has 124 valence electrons. The number of nitrogens with zero attached hydrogens (tertiary/aromatic N) is 2. The molecule has 4 aliphatic rings. The summed E-state index contributed by atoms with van der Waals surface area (Å²) in [6, 6.07) is 0. The third-order valence-electron chi connectivity index (χ3n) is 5.93. The second kappa shape index (κ2) is 7.89. The Hall–Kier alpha value is -0.450. The summed E-state index contributed by atoms with van der Waals surface area (Å²) in [6.07, 6.45) is 11.2. The molecule has 0 aliphatic carbocycles. The monoisotopic (exact) mass is 306 g/mol. The predicted molar refractivity (Wildman–Crippen MR) is 89.4 cm³/mol. The molecule has 0 aromatic carbocycles. The molecule has 4 heteroatoms. The zero-order valence-electron chi connectivity index (χ0n) is 14.0. The summed E-state index contributed by atoms with van der Waals surface area (Å²) < 4.78 is 0. The topological polar surface area (TPSA) is 49.1 Å². The normalized spacial score (nSPS) is 35.5. The van der Waals surface area contributed by atoms with E-state index in [2.05, 4.69) is 15.5 Å². The highest BCUT2D eigenvalue weighted by molar-refractivity contribution is 5.92. The number of Topliss-reactive ketones (excluding diaryl/α,β-unsaturated/α-hetero) is 1. The van der Waals surface area contributed by atoms with E-state index in [1.54, 1.807) is 0 Å². The fourth-order valence-electron chi connectivity index (χ4n) is 4.48. The highest BCUT2D eigenvalue weighted by atomic mass is 16.1. The molecule has 1 N–H and O–H groups in total. The van der Waals surface area contributed by atoms with E-state index in [1.165, 1.54) is 38.5 Å². The van der Waals surface area contributed by atoms with Crippen molar-refractivity contribution in [1.82, 2.24) is 15.5 Å². The molecule has 0 aromatic heterocycles. The Bertz CT molecular complexity index is 348. The molecule has 0 saturated carbocycles. The Morgan fingerprint density at radius 1 is 1.00 bits per heavy atom. The molecule has 2 atom stereocenters. The van der Waals surface area contributed by atoms with Gasteiger partial charge < -0.3 is 5.32 Å². The minimum atomic E-state index is 0.00366. The molecular formula is C18H32N3O+. The van der Waals surface area contributed by atoms with Gasteiger partial charge in [0.15, 0.2) is 0 Å². The van der Waals surface area contributed by atoms with E-state index in [-0.39, 0.29) is 5.54 Å². The van der Waals surface area contributed by atoms with Crippen molar-refractivity contribution in [3.05, 3.63) is 0 Å². The van der Waals surface area contributed by atoms with Gasteiger partial charge in [-0.2, -0.15) is 4.90 Å². The third-order valence-corrected chi connectivity index (χ3v) is 5.93. The quantitative estimate of drug-likeness (QED) is 0.791. The summed E-state index contributed by atoms with van der Waals surface area (Å²) in [6.45, 7) is 6.59. The second-order valence-corrected chi connectivity index (χ2v) is 7.36. The van der Waals surface area contributed by atoms with Crippen LogP contribution in [0, 0.1) is 5.92 Å². The van der Waals surface area contributed by atoms with Crippen LogP contribution in [0.3, 0.4) is 0 Å². The van der Waals surface area contributed by atoms with Gasteiger partial charge in [0.1, 0.15) is 13.1 Å². The molecule has 4 saturated heterocycles. The number of rotatable bonds is 2. The minimum absolute atomic E-state index is 0.00366. The van der Waals surface area contributed by atoms with Gasteiger partial charge in [-0.1, -0.05) is 12.8 Å². The van der Waals surface area contributed by atoms with Crippen LogP contribution in [0.1, 0.15) is 57.8 Å². The number of piperidine rings is 1. The van der Waals surface area contributed by atoms with Crippen molar-refractivity contribution in [2.24, 2.45) is 5.92 Å². The van der Waals surface area contributed by atoms with E-state index in [0.29, 0.717) is 11.7 Å². The zero-order valence-corrected chi connectivity index (χ0v) is 14.0. The van der Waals surface area contributed by atoms with Gasteiger partial charge >= 0.3 is 0 Å². The maximum Gasteiger partial charge on any atom is 0.206 e. The zero-order chi connectivity index (χ0) is 15.3. The molecule has 0 amide bonds. The van der Waals surface area contributed by atoms with Gasteiger partial charge in [-0.15, -0.1) is 0 Å². The van der Waals surface area contributed by atoms with Crippen LogP contribution in [0.2, 0.25) is 0 Å². The number of hydrogen-bond donors (Lipinski definition) is 1. The summed E-state index contributed by atoms with van der Waals surface area (Å²) in [7, 11) is 0. The number of hydrogen-bond acceptors (Lipinski definition) is 3. The summed E-state index contributed by atoms with van der Waals surface area (Å²) in [5.74, 6) is 0.859. The van der Waals surface area contributed by atoms with Crippen LogP contribution in [0.15, 0.2) is 0 Å². The molecule has 4 heterocycles. The van der Waals surface area contributed by atoms with Crippen LogP contribution < -0.4 is 15.5 Å². The Labute approximate surface area is 135 Å². The van der Waals surface area contributed by atoms with Crippen molar-refractivity contribution in [3.63, 3.8) is 0 Å². The van der Waals surface area contributed by atoms with Gasteiger partial charge in [0, 0.05) is 38.4 Å². The first-order valence-electron chi connectivity index (χ1n) is 9.46. The first-order chi connectivity index (χ1) is 10.8. The minimum Gasteiger partial charge on any atom is -0.316 e. The smallest absolute Gasteiger partial charge is 0.206 e. The molecule has 0 bridgehead atoms. The van der Waals surface area contributed by atoms with Crippen LogP contribution in [0.5, 0.6) is 0 Å². The van der Waals surface area contributed by atoms with Crippen LogP contribution >= 0.6 is 0 Å². The lowest BCUT2D eigenvalue weighted by Crippen LogP contribution is -2.66. The van der Waals surface area contributed by atoms with Gasteiger partial charge in [0.2, 0.25) is 11.3 Å². The van der Waals surface area contributed by atoms with E-state index in [0.717, 1.165) is 58.5 Å². The second-order valence-electron chi connectivity index (χ2n) is 7.36. The SMILES string of the molecule is C1CCC[N]CC1.O=C(C1CCCNC1)C12CCC[N+]1CC2. The van der Waals surface area contributed by atoms with Crippen LogP contribution in [-0.2, 0) is 4.79 Å². The fraction of sp³-hybridized carbons (Fsp3) is 0.944. The third kappa shape index (κ3) is 3.55. The summed E-state index contributed by atoms with van der Waals surface area (Å²) in [4.78, 5) is 14.9. The van der Waals surface area contributed by atoms with Gasteiger partial charge in [0.05, 0.1) is 6.42 Å². The molecule has 22 heavy (non-hydrogen) atoms. The standard InChI is InChI=1S/C12H20N2O.C6H12N/c15-11(10-3-1-6-13-9-10)12-4-2-7-14(12)8-5-12;1-2-4-6-7-5-3-1/h10,13H,1-9H2;1-6H2/q+1;. The van der Waals surface area contributed by atoms with E-state index in [4.69, 9.17) is 0 Å². The lowest BCUT2D eigenvalue weighted by molar-refractivity contribution is -0.135. The lowest BCUT2D eigenvalue weighted by Gasteiger charge is -2.39. The molecule has 2 radical (unpaired) electrons. The van der Waals surface area contributed by atoms with Gasteiger partial charge in [-0.05, 0) is 32.2 Å². The van der Waals surface area contributed by atoms with Crippen molar-refractivity contribution in [3.8, 4) is 0 Å². The van der Waals surface area contributed by atoms with Crippen molar-refractivity contribution >= 4 is 5.78 Å². The van der Waals surface area contributed by atoms with E-state index in [9.17, 15) is 4.79 Å². The van der Waals surface area contributed by atoms with E-state index in [1.807, 2.05) is 0 Å². The van der Waals surface area contributed by atoms with Crippen LogP contribution in [0.25, 0.3) is 0 Å². The largest absolute Gasteiger partial charge is 0.316 e. The summed E-state index contributed by atoms with van der Waals surface area (Å²) in [5, 5.41) is 7.63. The van der Waals surface area contributed by atoms with E-state index < -0.39 is 0 Å². The molecule has 0 aromatic rings. The van der Waals surface area contributed by atoms with Gasteiger partial charge in [-0.25, -0.2) is 5.32 Å². The number of fused-ring (bicyclic) bond motifs is 1. The van der Waals surface area contributed by atoms with Crippen molar-refractivity contribution in [1.29, 1.82) is 0 Å². The van der Waals surface area contributed by atoms with Crippen molar-refractivity contribution < 1.29 is 4.79 Å². The Balaban J connectivity index is 0.000000174. The van der Waals surface area contributed by atoms with E-state index >= 15 is 0 Å². The predicted octanol–water partition coefficient (Wildman–Crippen LogP) is 1.80. The summed E-state index contributed by atoms with van der Waals surface area (Å²) >= 11 is 0. The molecule has 4 aliphatic heterocycles. The number of carbonyl (C=O) groups excluding carboxylic acids is 1. The van der Waals surface area contributed by atoms with Crippen molar-refractivity contribution in [2.45, 2.75) is 63.3 Å². The number of ketones is 1. The highest BCUT2D eigenvalue weighted by Gasteiger charge is 2.63. The maximum absolute atomic E-state index is 12.5. The lowest BCUT2D eigenvalue weighted by atomic mass is 9.74. The molecule has 2 unspecified atom stereocenters. The summed E-state index contributed by atoms with van der Waals surface area (Å²) in [5.41, 5.74) is 0.00366. The molecule has 4 rings (SSSR count). The first-order valence-corrected chi connectivity index (χ1v) is 9.46. The van der Waals surface area contributed by atoms with Gasteiger partial charge in [-0.3, -0.25) is 4.79 Å². The average Bonchev–Trinajstić information content (AvgIpc) is 2.78. The highest BCUT2D eigenvalue weighted by Crippen LogP contribution is 2.41. The Kier molecular flexibility index (Phi) is 5.89. The van der Waals surface area contributed by atoms with Gasteiger partial charge in [0.25, 0.3) is 0 Å². The van der Waals surface area contributed by atoms with Crippen molar-refractivity contribution in [2.75, 3.05) is 39.3 Å². The Morgan fingerprint density at radius 3 is 2.41 bits per heavy atom. The Morgan fingerprint density at radius 2 is 1.82 bits per heavy atom. The molecule has 4 fully saturated rings. The maximum atomic E-state index is 12.5. The number of nitrogens with one attached hydrogen (secondary N) is 1. The molecule has 4 nitrogen and oxygen atoms in total. The first kappa shape index (κ1) is 16.4.